The van der Waals surface area contributed by atoms with E-state index in [1.807, 2.05) is 11.0 Å². The molecule has 1 aromatic heterocycles. The number of ether oxygens (including phenoxy) is 2. The second-order valence-electron chi connectivity index (χ2n) is 7.35. The number of hydrogen-bond donors (Lipinski definition) is 0. The Labute approximate surface area is 198 Å². The first-order chi connectivity index (χ1) is 15.5. The number of carbonyl (C=O) groups excluding carboxylic acids is 2. The zero-order chi connectivity index (χ0) is 22.9. The molecule has 1 aromatic carbocycles. The predicted octanol–water partition coefficient (Wildman–Crippen LogP) is 4.46. The second-order valence-corrected chi connectivity index (χ2v) is 8.14. The molecule has 9 heteroatoms. The fourth-order valence-corrected chi connectivity index (χ4v) is 3.81. The molecule has 1 amide bonds. The number of pyridine rings is 1. The maximum Gasteiger partial charge on any atom is 0.339 e. The number of benzene rings is 1. The molecular weight excluding hydrogens is 453 g/mol. The fourth-order valence-electron chi connectivity index (χ4n) is 3.46. The van der Waals surface area contributed by atoms with Crippen LogP contribution in [0.25, 0.3) is 0 Å². The van der Waals surface area contributed by atoms with Gasteiger partial charge in [0.25, 0.3) is 0 Å². The molecule has 1 fully saturated rings. The molecule has 0 spiro atoms. The first-order valence-corrected chi connectivity index (χ1v) is 11.5. The Morgan fingerprint density at radius 3 is 2.69 bits per heavy atom. The topological polar surface area (TPSA) is 72.0 Å². The molecule has 32 heavy (non-hydrogen) atoms. The van der Waals surface area contributed by atoms with Gasteiger partial charge in [-0.1, -0.05) is 29.3 Å². The van der Waals surface area contributed by atoms with Crippen LogP contribution in [0, 0.1) is 0 Å². The van der Waals surface area contributed by atoms with E-state index in [-0.39, 0.29) is 11.9 Å². The van der Waals surface area contributed by atoms with Crippen molar-refractivity contribution in [1.29, 1.82) is 0 Å². The van der Waals surface area contributed by atoms with Gasteiger partial charge < -0.3 is 19.3 Å². The van der Waals surface area contributed by atoms with Crippen LogP contribution in [-0.2, 0) is 9.53 Å². The molecular formula is C23H27Cl2N3O4. The minimum atomic E-state index is -0.374. The Morgan fingerprint density at radius 1 is 1.09 bits per heavy atom. The van der Waals surface area contributed by atoms with Crippen molar-refractivity contribution in [3.05, 3.63) is 52.1 Å². The summed E-state index contributed by atoms with van der Waals surface area (Å²) in [7, 11) is 0. The number of halogens is 2. The molecule has 1 aliphatic rings. The van der Waals surface area contributed by atoms with E-state index in [0.29, 0.717) is 67.0 Å². The average molecular weight is 480 g/mol. The highest BCUT2D eigenvalue weighted by atomic mass is 35.5. The maximum absolute atomic E-state index is 12.6. The van der Waals surface area contributed by atoms with Gasteiger partial charge in [0.2, 0.25) is 5.91 Å². The molecule has 1 aliphatic heterocycles. The van der Waals surface area contributed by atoms with Crippen molar-refractivity contribution in [1.82, 2.24) is 9.88 Å². The molecule has 7 nitrogen and oxygen atoms in total. The van der Waals surface area contributed by atoms with E-state index in [0.717, 1.165) is 18.8 Å². The zero-order valence-electron chi connectivity index (χ0n) is 18.1. The molecule has 0 unspecified atom stereocenters. The number of hydrogen-bond acceptors (Lipinski definition) is 6. The van der Waals surface area contributed by atoms with Crippen molar-refractivity contribution < 1.29 is 19.1 Å². The van der Waals surface area contributed by atoms with Gasteiger partial charge in [0.05, 0.1) is 23.8 Å². The number of esters is 1. The van der Waals surface area contributed by atoms with Gasteiger partial charge in [0.15, 0.2) is 0 Å². The first-order valence-electron chi connectivity index (χ1n) is 10.7. The van der Waals surface area contributed by atoms with Gasteiger partial charge >= 0.3 is 5.97 Å². The summed E-state index contributed by atoms with van der Waals surface area (Å²) in [6.07, 6.45) is 3.39. The summed E-state index contributed by atoms with van der Waals surface area (Å²) in [5, 5.41) is 0.830. The highest BCUT2D eigenvalue weighted by molar-refractivity contribution is 6.42. The highest BCUT2D eigenvalue weighted by Crippen LogP contribution is 2.31. The van der Waals surface area contributed by atoms with Crippen molar-refractivity contribution in [2.75, 3.05) is 44.3 Å². The largest absolute Gasteiger partial charge is 0.492 e. The SMILES string of the molecule is CCOC(=O)c1ccc(N2CCCN(C(=O)CCCOc3cccc(Cl)c3Cl)CC2)nc1. The van der Waals surface area contributed by atoms with E-state index in [9.17, 15) is 9.59 Å². The van der Waals surface area contributed by atoms with Crippen LogP contribution in [0.1, 0.15) is 36.5 Å². The van der Waals surface area contributed by atoms with E-state index < -0.39 is 0 Å². The predicted molar refractivity (Wildman–Crippen MR) is 125 cm³/mol. The summed E-state index contributed by atoms with van der Waals surface area (Å²) >= 11 is 12.1. The van der Waals surface area contributed by atoms with Crippen molar-refractivity contribution >= 4 is 40.9 Å². The van der Waals surface area contributed by atoms with Gasteiger partial charge in [0.1, 0.15) is 16.6 Å². The summed E-state index contributed by atoms with van der Waals surface area (Å²) in [5.74, 6) is 1.05. The number of anilines is 1. The van der Waals surface area contributed by atoms with Crippen molar-refractivity contribution in [3.8, 4) is 5.75 Å². The van der Waals surface area contributed by atoms with Gasteiger partial charge in [-0.15, -0.1) is 0 Å². The van der Waals surface area contributed by atoms with Crippen LogP contribution in [0.3, 0.4) is 0 Å². The van der Waals surface area contributed by atoms with Crippen LogP contribution in [0.15, 0.2) is 36.5 Å². The summed E-state index contributed by atoms with van der Waals surface area (Å²) in [6.45, 7) is 5.31. The number of nitrogens with zero attached hydrogens (tertiary/aromatic N) is 3. The molecule has 2 aromatic rings. The zero-order valence-corrected chi connectivity index (χ0v) is 19.6. The second kappa shape index (κ2) is 11.9. The third kappa shape index (κ3) is 6.50. The summed E-state index contributed by atoms with van der Waals surface area (Å²) in [6, 6.07) is 8.78. The quantitative estimate of drug-likeness (QED) is 0.410. The monoisotopic (exact) mass is 479 g/mol. The van der Waals surface area contributed by atoms with Gasteiger partial charge in [-0.3, -0.25) is 4.79 Å². The summed E-state index contributed by atoms with van der Waals surface area (Å²) < 4.78 is 10.7. The Hall–Kier alpha value is -2.51. The molecule has 0 N–H and O–H groups in total. The Bertz CT molecular complexity index is 924. The molecule has 1 saturated heterocycles. The lowest BCUT2D eigenvalue weighted by Gasteiger charge is -2.23. The third-order valence-electron chi connectivity index (χ3n) is 5.14. The third-order valence-corrected chi connectivity index (χ3v) is 5.94. The Balaban J connectivity index is 1.44. The van der Waals surface area contributed by atoms with Gasteiger partial charge in [-0.25, -0.2) is 9.78 Å². The molecule has 0 aliphatic carbocycles. The van der Waals surface area contributed by atoms with E-state index >= 15 is 0 Å². The van der Waals surface area contributed by atoms with Crippen molar-refractivity contribution in [2.45, 2.75) is 26.2 Å². The van der Waals surface area contributed by atoms with E-state index in [2.05, 4.69) is 9.88 Å². The molecule has 3 rings (SSSR count). The lowest BCUT2D eigenvalue weighted by molar-refractivity contribution is -0.131. The van der Waals surface area contributed by atoms with Crippen LogP contribution < -0.4 is 9.64 Å². The van der Waals surface area contributed by atoms with Crippen molar-refractivity contribution in [2.24, 2.45) is 0 Å². The van der Waals surface area contributed by atoms with E-state index in [4.69, 9.17) is 32.7 Å². The van der Waals surface area contributed by atoms with Crippen LogP contribution in [-0.4, -0.2) is 61.2 Å². The first kappa shape index (κ1) is 24.1. The van der Waals surface area contributed by atoms with Gasteiger partial charge in [-0.2, -0.15) is 0 Å². The lowest BCUT2D eigenvalue weighted by Crippen LogP contribution is -2.35. The Kier molecular flexibility index (Phi) is 9.00. The molecule has 0 radical (unpaired) electrons. The number of rotatable bonds is 8. The minimum absolute atomic E-state index is 0.109. The normalized spacial score (nSPS) is 14.1. The van der Waals surface area contributed by atoms with Crippen LogP contribution in [0.2, 0.25) is 10.0 Å². The maximum atomic E-state index is 12.6. The van der Waals surface area contributed by atoms with Crippen LogP contribution >= 0.6 is 23.2 Å². The van der Waals surface area contributed by atoms with Crippen LogP contribution in [0.4, 0.5) is 5.82 Å². The highest BCUT2D eigenvalue weighted by Gasteiger charge is 2.20. The van der Waals surface area contributed by atoms with E-state index in [1.165, 1.54) is 6.20 Å². The van der Waals surface area contributed by atoms with Crippen molar-refractivity contribution in [3.63, 3.8) is 0 Å². The molecule has 172 valence electrons. The van der Waals surface area contributed by atoms with Gasteiger partial charge in [-0.05, 0) is 44.0 Å². The van der Waals surface area contributed by atoms with E-state index in [1.54, 1.807) is 31.2 Å². The van der Waals surface area contributed by atoms with Gasteiger partial charge in [0, 0.05) is 38.8 Å². The minimum Gasteiger partial charge on any atom is -0.492 e. The standard InChI is InChI=1S/C23H27Cl2N3O4/c1-2-31-23(30)17-9-10-20(26-16-17)27-11-5-12-28(14-13-27)21(29)8-4-15-32-19-7-3-6-18(24)22(19)25/h3,6-7,9-10,16H,2,4-5,8,11-15H2,1H3. The smallest absolute Gasteiger partial charge is 0.339 e. The number of carbonyl (C=O) groups is 2. The fraction of sp³-hybridized carbons (Fsp3) is 0.435. The lowest BCUT2D eigenvalue weighted by atomic mass is 10.2. The summed E-state index contributed by atoms with van der Waals surface area (Å²) in [5.41, 5.74) is 0.434. The summed E-state index contributed by atoms with van der Waals surface area (Å²) in [4.78, 5) is 32.9. The number of aromatic nitrogens is 1. The molecule has 2 heterocycles. The number of amides is 1. The average Bonchev–Trinajstić information content (AvgIpc) is 3.06. The molecule has 0 saturated carbocycles. The molecule has 0 atom stereocenters. The van der Waals surface area contributed by atoms with Crippen LogP contribution in [0.5, 0.6) is 5.75 Å². The molecule has 0 bridgehead atoms. The Morgan fingerprint density at radius 2 is 1.94 bits per heavy atom.